The molecule has 1 aromatic carbocycles. The number of nitrogens with one attached hydrogen (secondary N) is 1. The van der Waals surface area contributed by atoms with Crippen molar-refractivity contribution in [3.63, 3.8) is 0 Å². The number of carbonyl (C=O) groups excluding carboxylic acids is 1. The van der Waals surface area contributed by atoms with Gasteiger partial charge in [0.2, 0.25) is 0 Å². The molecule has 94 valence electrons. The van der Waals surface area contributed by atoms with E-state index in [0.717, 1.165) is 12.0 Å². The first-order chi connectivity index (χ1) is 8.61. The van der Waals surface area contributed by atoms with Gasteiger partial charge in [0.1, 0.15) is 5.82 Å². The van der Waals surface area contributed by atoms with Gasteiger partial charge in [-0.15, -0.1) is 11.3 Å². The second kappa shape index (κ2) is 5.18. The van der Waals surface area contributed by atoms with Gasteiger partial charge in [0.15, 0.2) is 0 Å². The molecule has 2 aromatic rings. The van der Waals surface area contributed by atoms with Crippen molar-refractivity contribution >= 4 is 28.6 Å². The summed E-state index contributed by atoms with van der Waals surface area (Å²) in [4.78, 5) is 12.7. The molecule has 1 heterocycles. The number of rotatable bonds is 3. The Balaban J connectivity index is 2.21. The van der Waals surface area contributed by atoms with Gasteiger partial charge in [-0.25, -0.2) is 4.39 Å². The summed E-state index contributed by atoms with van der Waals surface area (Å²) in [6.45, 7) is 1.99. The molecule has 18 heavy (non-hydrogen) atoms. The van der Waals surface area contributed by atoms with E-state index in [0.29, 0.717) is 10.6 Å². The van der Waals surface area contributed by atoms with Gasteiger partial charge >= 0.3 is 0 Å². The fraction of sp³-hybridized carbons (Fsp3) is 0.154. The van der Waals surface area contributed by atoms with Crippen LogP contribution in [0.2, 0.25) is 0 Å². The molecule has 0 radical (unpaired) electrons. The van der Waals surface area contributed by atoms with E-state index in [4.69, 9.17) is 5.73 Å². The van der Waals surface area contributed by atoms with Gasteiger partial charge < -0.3 is 11.1 Å². The lowest BCUT2D eigenvalue weighted by Crippen LogP contribution is -2.13. The summed E-state index contributed by atoms with van der Waals surface area (Å²) in [7, 11) is 0. The van der Waals surface area contributed by atoms with E-state index < -0.39 is 5.82 Å². The van der Waals surface area contributed by atoms with E-state index in [-0.39, 0.29) is 11.6 Å². The molecule has 0 unspecified atom stereocenters. The third-order valence-electron chi connectivity index (χ3n) is 2.60. The van der Waals surface area contributed by atoms with Gasteiger partial charge in [-0.05, 0) is 41.6 Å². The molecule has 3 nitrogen and oxygen atoms in total. The molecular weight excluding hydrogens is 251 g/mol. The van der Waals surface area contributed by atoms with Crippen molar-refractivity contribution in [3.8, 4) is 0 Å². The minimum Gasteiger partial charge on any atom is -0.397 e. The van der Waals surface area contributed by atoms with Crippen LogP contribution in [0.4, 0.5) is 15.8 Å². The van der Waals surface area contributed by atoms with Crippen LogP contribution in [0.1, 0.15) is 22.2 Å². The predicted octanol–water partition coefficient (Wildman–Crippen LogP) is 3.28. The van der Waals surface area contributed by atoms with E-state index in [1.165, 1.54) is 29.5 Å². The Morgan fingerprint density at radius 2 is 2.22 bits per heavy atom. The molecule has 1 amide bonds. The summed E-state index contributed by atoms with van der Waals surface area (Å²) in [5.41, 5.74) is 7.29. The van der Waals surface area contributed by atoms with E-state index in [1.54, 1.807) is 0 Å². The Kier molecular flexibility index (Phi) is 3.62. The molecule has 0 saturated carbocycles. The van der Waals surface area contributed by atoms with Crippen molar-refractivity contribution in [2.75, 3.05) is 11.1 Å². The van der Waals surface area contributed by atoms with Crippen LogP contribution in [0.3, 0.4) is 0 Å². The Hall–Kier alpha value is -1.88. The van der Waals surface area contributed by atoms with E-state index >= 15 is 0 Å². The lowest BCUT2D eigenvalue weighted by Gasteiger charge is -2.08. The fourth-order valence-corrected chi connectivity index (χ4v) is 2.53. The molecule has 0 saturated heterocycles. The summed E-state index contributed by atoms with van der Waals surface area (Å²) >= 11 is 1.38. The highest BCUT2D eigenvalue weighted by atomic mass is 32.1. The van der Waals surface area contributed by atoms with Gasteiger partial charge in [-0.3, -0.25) is 4.79 Å². The van der Waals surface area contributed by atoms with Crippen LogP contribution < -0.4 is 11.1 Å². The summed E-state index contributed by atoms with van der Waals surface area (Å²) in [5, 5.41) is 4.57. The smallest absolute Gasteiger partial charge is 0.266 e. The first kappa shape index (κ1) is 12.6. The number of hydrogen-bond acceptors (Lipinski definition) is 3. The Morgan fingerprint density at radius 3 is 2.89 bits per heavy atom. The molecule has 0 atom stereocenters. The van der Waals surface area contributed by atoms with Gasteiger partial charge in [0.25, 0.3) is 5.91 Å². The maximum atomic E-state index is 12.9. The highest BCUT2D eigenvalue weighted by molar-refractivity contribution is 7.12. The minimum absolute atomic E-state index is 0.208. The number of aryl methyl sites for hydroxylation is 1. The molecule has 1 aromatic heterocycles. The molecule has 0 spiro atoms. The Labute approximate surface area is 108 Å². The number of amides is 1. The van der Waals surface area contributed by atoms with Crippen LogP contribution >= 0.6 is 11.3 Å². The number of hydrogen-bond donors (Lipinski definition) is 2. The van der Waals surface area contributed by atoms with E-state index in [2.05, 4.69) is 5.32 Å². The average Bonchev–Trinajstić information content (AvgIpc) is 2.81. The minimum atomic E-state index is -0.420. The maximum Gasteiger partial charge on any atom is 0.266 e. The summed E-state index contributed by atoms with van der Waals surface area (Å²) < 4.78 is 12.9. The van der Waals surface area contributed by atoms with E-state index in [9.17, 15) is 9.18 Å². The highest BCUT2D eigenvalue weighted by Gasteiger charge is 2.13. The largest absolute Gasteiger partial charge is 0.397 e. The standard InChI is InChI=1S/C13H13FN2OS/c1-2-8-5-6-18-12(8)13(17)16-11-4-3-9(14)7-10(11)15/h3-7H,2,15H2,1H3,(H,16,17). The van der Waals surface area contributed by atoms with Crippen LogP contribution in [-0.2, 0) is 6.42 Å². The summed E-state index contributed by atoms with van der Waals surface area (Å²) in [5.74, 6) is -0.629. The van der Waals surface area contributed by atoms with Crippen molar-refractivity contribution in [1.82, 2.24) is 0 Å². The third kappa shape index (κ3) is 2.51. The highest BCUT2D eigenvalue weighted by Crippen LogP contribution is 2.23. The van der Waals surface area contributed by atoms with Crippen molar-refractivity contribution < 1.29 is 9.18 Å². The zero-order valence-electron chi connectivity index (χ0n) is 9.87. The third-order valence-corrected chi connectivity index (χ3v) is 3.55. The van der Waals surface area contributed by atoms with Crippen molar-refractivity contribution in [3.05, 3.63) is 45.9 Å². The van der Waals surface area contributed by atoms with Gasteiger partial charge in [0, 0.05) is 0 Å². The SMILES string of the molecule is CCc1ccsc1C(=O)Nc1ccc(F)cc1N. The van der Waals surface area contributed by atoms with Gasteiger partial charge in [-0.2, -0.15) is 0 Å². The molecule has 0 aliphatic heterocycles. The number of carbonyl (C=O) groups is 1. The number of nitrogens with two attached hydrogens (primary N) is 1. The van der Waals surface area contributed by atoms with Crippen LogP contribution in [0, 0.1) is 5.82 Å². The zero-order chi connectivity index (χ0) is 13.1. The molecule has 3 N–H and O–H groups in total. The molecule has 0 aliphatic rings. The summed E-state index contributed by atoms with van der Waals surface area (Å²) in [6.07, 6.45) is 0.797. The van der Waals surface area contributed by atoms with Crippen LogP contribution in [-0.4, -0.2) is 5.91 Å². The lowest BCUT2D eigenvalue weighted by molar-refractivity contribution is 0.103. The van der Waals surface area contributed by atoms with Crippen LogP contribution in [0.5, 0.6) is 0 Å². The molecule has 0 bridgehead atoms. The molecule has 0 aliphatic carbocycles. The first-order valence-corrected chi connectivity index (χ1v) is 6.42. The fourth-order valence-electron chi connectivity index (χ4n) is 1.64. The normalized spacial score (nSPS) is 10.3. The maximum absolute atomic E-state index is 12.9. The Bertz CT molecular complexity index is 580. The summed E-state index contributed by atoms with van der Waals surface area (Å²) in [6, 6.07) is 5.83. The second-order valence-corrected chi connectivity index (χ2v) is 4.73. The number of thiophene rings is 1. The van der Waals surface area contributed by atoms with Crippen LogP contribution in [0.25, 0.3) is 0 Å². The van der Waals surface area contributed by atoms with E-state index in [1.807, 2.05) is 18.4 Å². The average molecular weight is 264 g/mol. The first-order valence-electron chi connectivity index (χ1n) is 5.54. The Morgan fingerprint density at radius 1 is 1.44 bits per heavy atom. The molecule has 0 fully saturated rings. The van der Waals surface area contributed by atoms with Crippen molar-refractivity contribution in [1.29, 1.82) is 0 Å². The molecular formula is C13H13FN2OS. The lowest BCUT2D eigenvalue weighted by atomic mass is 10.2. The van der Waals surface area contributed by atoms with Crippen molar-refractivity contribution in [2.45, 2.75) is 13.3 Å². The topological polar surface area (TPSA) is 55.1 Å². The second-order valence-electron chi connectivity index (χ2n) is 3.81. The van der Waals surface area contributed by atoms with Gasteiger partial charge in [0.05, 0.1) is 16.3 Å². The zero-order valence-corrected chi connectivity index (χ0v) is 10.7. The van der Waals surface area contributed by atoms with Crippen LogP contribution in [0.15, 0.2) is 29.6 Å². The predicted molar refractivity (Wildman–Crippen MR) is 72.5 cm³/mol. The number of nitrogen functional groups attached to an aromatic ring is 1. The number of benzene rings is 1. The number of halogens is 1. The number of anilines is 2. The van der Waals surface area contributed by atoms with Gasteiger partial charge in [-0.1, -0.05) is 6.92 Å². The molecule has 2 rings (SSSR count). The quantitative estimate of drug-likeness (QED) is 0.836. The monoisotopic (exact) mass is 264 g/mol. The van der Waals surface area contributed by atoms with Crippen molar-refractivity contribution in [2.24, 2.45) is 0 Å². The molecule has 5 heteroatoms.